The van der Waals surface area contributed by atoms with E-state index in [0.717, 1.165) is 24.0 Å². The maximum Gasteiger partial charge on any atom is 0.343 e. The molecule has 0 fully saturated rings. The largest absolute Gasteiger partial charge is 0.465 e. The first-order valence-electron chi connectivity index (χ1n) is 6.30. The number of nitrogens with one attached hydrogen (secondary N) is 1. The Morgan fingerprint density at radius 2 is 2.23 bits per heavy atom. The van der Waals surface area contributed by atoms with E-state index >= 15 is 0 Å². The van der Waals surface area contributed by atoms with E-state index < -0.39 is 21.6 Å². The van der Waals surface area contributed by atoms with Crippen LogP contribution in [-0.4, -0.2) is 43.4 Å². The number of carbonyl (C=O) groups excluding carboxylic acids is 1. The van der Waals surface area contributed by atoms with Crippen LogP contribution in [0, 0.1) is 0 Å². The molecule has 2 aromatic heterocycles. The molecule has 2 heterocycles. The molecule has 0 aromatic carbocycles. The number of hydrogen-bond acceptors (Lipinski definition) is 10. The lowest BCUT2D eigenvalue weighted by molar-refractivity contribution is 0.0598. The molecule has 0 aliphatic rings. The van der Waals surface area contributed by atoms with E-state index in [1.807, 2.05) is 6.92 Å². The quantitative estimate of drug-likeness (QED) is 0.734. The van der Waals surface area contributed by atoms with Crippen LogP contribution in [0.2, 0.25) is 0 Å². The fourth-order valence-electron chi connectivity index (χ4n) is 1.52. The topological polar surface area (TPSA) is 124 Å². The van der Waals surface area contributed by atoms with Crippen molar-refractivity contribution in [3.8, 4) is 0 Å². The third-order valence-corrected chi connectivity index (χ3v) is 5.51. The Balaban J connectivity index is 2.19. The second-order valence-electron chi connectivity index (χ2n) is 4.21. The number of hydrogen-bond donors (Lipinski definition) is 1. The molecule has 0 atom stereocenters. The Labute approximate surface area is 130 Å². The Morgan fingerprint density at radius 3 is 2.91 bits per heavy atom. The van der Waals surface area contributed by atoms with Crippen molar-refractivity contribution in [2.24, 2.45) is 0 Å². The number of rotatable bonds is 7. The Morgan fingerprint density at radius 1 is 1.45 bits per heavy atom. The smallest absolute Gasteiger partial charge is 0.343 e. The Hall–Kier alpha value is -2.01. The van der Waals surface area contributed by atoms with Crippen molar-refractivity contribution in [3.63, 3.8) is 0 Å². The van der Waals surface area contributed by atoms with Crippen molar-refractivity contribution in [1.82, 2.24) is 15.4 Å². The van der Waals surface area contributed by atoms with Gasteiger partial charge in [-0.3, -0.25) is 0 Å². The number of aromatic nitrogens is 3. The normalized spacial score (nSPS) is 11.4. The van der Waals surface area contributed by atoms with Crippen LogP contribution in [-0.2, 0) is 20.3 Å². The van der Waals surface area contributed by atoms with Gasteiger partial charge in [0.1, 0.15) is 11.3 Å². The van der Waals surface area contributed by atoms with E-state index in [2.05, 4.69) is 25.4 Å². The lowest BCUT2D eigenvalue weighted by Gasteiger charge is -1.99. The average molecular weight is 346 g/mol. The molecule has 2 rings (SSSR count). The van der Waals surface area contributed by atoms with E-state index in [1.165, 1.54) is 7.11 Å². The van der Waals surface area contributed by atoms with Gasteiger partial charge in [-0.2, -0.15) is 0 Å². The second-order valence-corrected chi connectivity index (χ2v) is 7.35. The number of esters is 1. The maximum atomic E-state index is 12.3. The average Bonchev–Trinajstić information content (AvgIpc) is 3.13. The van der Waals surface area contributed by atoms with Crippen LogP contribution < -0.4 is 5.32 Å². The summed E-state index contributed by atoms with van der Waals surface area (Å²) in [5.74, 6) is -1.35. The predicted octanol–water partition coefficient (Wildman–Crippen LogP) is 1.11. The van der Waals surface area contributed by atoms with E-state index in [1.54, 1.807) is 0 Å². The zero-order valence-corrected chi connectivity index (χ0v) is 13.5. The summed E-state index contributed by atoms with van der Waals surface area (Å²) in [6, 6.07) is 0. The van der Waals surface area contributed by atoms with Crippen molar-refractivity contribution in [3.05, 3.63) is 17.5 Å². The van der Waals surface area contributed by atoms with Gasteiger partial charge in [0.05, 0.1) is 13.3 Å². The highest BCUT2D eigenvalue weighted by molar-refractivity contribution is 7.92. The molecule has 0 bridgehead atoms. The van der Waals surface area contributed by atoms with Crippen LogP contribution in [0.4, 0.5) is 5.13 Å². The van der Waals surface area contributed by atoms with Crippen molar-refractivity contribution in [2.45, 2.75) is 23.4 Å². The first-order chi connectivity index (χ1) is 10.5. The Bertz CT molecular complexity index is 752. The minimum absolute atomic E-state index is 0.0279. The van der Waals surface area contributed by atoms with Gasteiger partial charge in [0.15, 0.2) is 5.76 Å². The molecule has 0 saturated heterocycles. The lowest BCUT2D eigenvalue weighted by Crippen LogP contribution is -2.09. The monoisotopic (exact) mass is 346 g/mol. The molecule has 0 saturated carbocycles. The zero-order chi connectivity index (χ0) is 16.2. The summed E-state index contributed by atoms with van der Waals surface area (Å²) in [7, 11) is -2.60. The van der Waals surface area contributed by atoms with E-state index in [-0.39, 0.29) is 15.7 Å². The fourth-order valence-corrected chi connectivity index (χ4v) is 3.78. The zero-order valence-electron chi connectivity index (χ0n) is 11.9. The summed E-state index contributed by atoms with van der Waals surface area (Å²) in [6.07, 6.45) is 1.99. The molecule has 0 aliphatic carbocycles. The van der Waals surface area contributed by atoms with Gasteiger partial charge in [0, 0.05) is 6.54 Å². The number of ether oxygens (including phenoxy) is 1. The molecule has 9 nitrogen and oxygen atoms in total. The van der Waals surface area contributed by atoms with Crippen molar-refractivity contribution in [1.29, 1.82) is 0 Å². The van der Waals surface area contributed by atoms with Gasteiger partial charge >= 0.3 is 5.97 Å². The summed E-state index contributed by atoms with van der Waals surface area (Å²) in [5, 5.41) is 14.2. The highest BCUT2D eigenvalue weighted by Gasteiger charge is 2.27. The summed E-state index contributed by atoms with van der Waals surface area (Å²) in [6.45, 7) is 2.65. The summed E-state index contributed by atoms with van der Waals surface area (Å²) in [4.78, 5) is 11.5. The highest BCUT2D eigenvalue weighted by Crippen LogP contribution is 2.24. The molecule has 0 spiro atoms. The van der Waals surface area contributed by atoms with Gasteiger partial charge in [-0.1, -0.05) is 23.4 Å². The summed E-state index contributed by atoms with van der Waals surface area (Å²) >= 11 is 0.922. The van der Waals surface area contributed by atoms with Crippen LogP contribution in [0.5, 0.6) is 0 Å². The van der Waals surface area contributed by atoms with Crippen LogP contribution in [0.3, 0.4) is 0 Å². The number of sulfone groups is 1. The molecule has 0 amide bonds. The van der Waals surface area contributed by atoms with Crippen molar-refractivity contribution >= 4 is 32.3 Å². The predicted molar refractivity (Wildman–Crippen MR) is 77.4 cm³/mol. The maximum absolute atomic E-state index is 12.3. The molecular weight excluding hydrogens is 332 g/mol. The molecule has 11 heteroatoms. The van der Waals surface area contributed by atoms with Crippen LogP contribution in [0.1, 0.15) is 29.5 Å². The number of methoxy groups -OCH3 is 1. The molecular formula is C11H14N4O5S2. The second kappa shape index (κ2) is 6.83. The molecule has 22 heavy (non-hydrogen) atoms. The van der Waals surface area contributed by atoms with Crippen LogP contribution in [0.15, 0.2) is 15.1 Å². The standard InChI is InChI=1S/C11H14N4O5S2/c1-3-4-12-10-14-15-11(21-10)22(17,18)6-8-7(5-13-20-8)9(16)19-2/h5H,3-4,6H2,1-2H3,(H,12,14). The van der Waals surface area contributed by atoms with E-state index in [4.69, 9.17) is 4.52 Å². The van der Waals surface area contributed by atoms with E-state index in [0.29, 0.717) is 11.7 Å². The molecule has 120 valence electrons. The SMILES string of the molecule is CCCNc1nnc(S(=O)(=O)Cc2oncc2C(=O)OC)s1. The number of carbonyl (C=O) groups is 1. The molecule has 0 radical (unpaired) electrons. The fraction of sp³-hybridized carbons (Fsp3) is 0.455. The first-order valence-corrected chi connectivity index (χ1v) is 8.76. The van der Waals surface area contributed by atoms with Gasteiger partial charge in [-0.15, -0.1) is 10.2 Å². The van der Waals surface area contributed by atoms with Crippen LogP contribution in [0.25, 0.3) is 0 Å². The third kappa shape index (κ3) is 3.60. The number of nitrogens with zero attached hydrogens (tertiary/aromatic N) is 3. The minimum Gasteiger partial charge on any atom is -0.465 e. The molecule has 1 N–H and O–H groups in total. The van der Waals surface area contributed by atoms with Crippen molar-refractivity contribution < 1.29 is 22.5 Å². The highest BCUT2D eigenvalue weighted by atomic mass is 32.2. The molecule has 0 unspecified atom stereocenters. The Kier molecular flexibility index (Phi) is 5.08. The molecule has 2 aromatic rings. The molecule has 0 aliphatic heterocycles. The van der Waals surface area contributed by atoms with E-state index in [9.17, 15) is 13.2 Å². The number of anilines is 1. The van der Waals surface area contributed by atoms with Gasteiger partial charge in [0.25, 0.3) is 0 Å². The first kappa shape index (κ1) is 16.4. The van der Waals surface area contributed by atoms with Crippen LogP contribution >= 0.6 is 11.3 Å². The lowest BCUT2D eigenvalue weighted by atomic mass is 10.3. The van der Waals surface area contributed by atoms with Gasteiger partial charge < -0.3 is 14.6 Å². The van der Waals surface area contributed by atoms with Gasteiger partial charge in [-0.25, -0.2) is 13.2 Å². The minimum atomic E-state index is -3.79. The van der Waals surface area contributed by atoms with Gasteiger partial charge in [-0.05, 0) is 6.42 Å². The third-order valence-electron chi connectivity index (χ3n) is 2.57. The van der Waals surface area contributed by atoms with Crippen molar-refractivity contribution in [2.75, 3.05) is 19.0 Å². The van der Waals surface area contributed by atoms with Gasteiger partial charge in [0.2, 0.25) is 19.3 Å². The summed E-state index contributed by atoms with van der Waals surface area (Å²) in [5.41, 5.74) is -0.0279. The summed E-state index contributed by atoms with van der Waals surface area (Å²) < 4.78 is 33.8.